The van der Waals surface area contributed by atoms with Crippen LogP contribution in [0.15, 0.2) is 30.3 Å². The summed E-state index contributed by atoms with van der Waals surface area (Å²) in [7, 11) is 4.72. The molecule has 0 unspecified atom stereocenters. The van der Waals surface area contributed by atoms with Gasteiger partial charge in [-0.25, -0.2) is 0 Å². The monoisotopic (exact) mass is 315 g/mol. The molecule has 5 heteroatoms. The Labute approximate surface area is 136 Å². The van der Waals surface area contributed by atoms with Crippen LogP contribution in [0.1, 0.15) is 21.5 Å². The molecule has 0 atom stereocenters. The molecule has 0 heterocycles. The Morgan fingerprint density at radius 1 is 0.826 bits per heavy atom. The number of carbonyl (C=O) groups excluding carboxylic acids is 1. The van der Waals surface area contributed by atoms with Crippen LogP contribution in [-0.2, 0) is 0 Å². The average Bonchev–Trinajstić information content (AvgIpc) is 2.56. The van der Waals surface area contributed by atoms with Crippen molar-refractivity contribution in [2.75, 3.05) is 26.6 Å². The van der Waals surface area contributed by atoms with Crippen molar-refractivity contribution in [3.05, 3.63) is 47.0 Å². The summed E-state index contributed by atoms with van der Waals surface area (Å²) < 4.78 is 15.8. The minimum Gasteiger partial charge on any atom is -0.496 e. The normalized spacial score (nSPS) is 10.1. The van der Waals surface area contributed by atoms with E-state index in [2.05, 4.69) is 5.32 Å². The molecule has 0 aromatic heterocycles. The highest BCUT2D eigenvalue weighted by atomic mass is 16.5. The first-order chi connectivity index (χ1) is 11.0. The second-order valence-corrected chi connectivity index (χ2v) is 5.16. The van der Waals surface area contributed by atoms with Crippen LogP contribution in [0.3, 0.4) is 0 Å². The number of ether oxygens (including phenoxy) is 3. The van der Waals surface area contributed by atoms with Crippen molar-refractivity contribution in [2.45, 2.75) is 13.8 Å². The fourth-order valence-corrected chi connectivity index (χ4v) is 2.27. The maximum atomic E-state index is 12.5. The molecule has 122 valence electrons. The van der Waals surface area contributed by atoms with Crippen molar-refractivity contribution < 1.29 is 19.0 Å². The average molecular weight is 315 g/mol. The number of methoxy groups -OCH3 is 3. The molecule has 23 heavy (non-hydrogen) atoms. The molecule has 0 bridgehead atoms. The van der Waals surface area contributed by atoms with Crippen LogP contribution in [0.25, 0.3) is 0 Å². The third kappa shape index (κ3) is 3.56. The number of hydrogen-bond donors (Lipinski definition) is 1. The third-order valence-electron chi connectivity index (χ3n) is 3.65. The zero-order valence-electron chi connectivity index (χ0n) is 14.0. The highest BCUT2D eigenvalue weighted by Crippen LogP contribution is 2.33. The summed E-state index contributed by atoms with van der Waals surface area (Å²) in [6.07, 6.45) is 0. The Balaban J connectivity index is 2.30. The van der Waals surface area contributed by atoms with E-state index in [4.69, 9.17) is 14.2 Å². The van der Waals surface area contributed by atoms with Crippen molar-refractivity contribution in [3.8, 4) is 17.2 Å². The lowest BCUT2D eigenvalue weighted by Crippen LogP contribution is -2.13. The van der Waals surface area contributed by atoms with Gasteiger partial charge in [0.05, 0.1) is 21.3 Å². The predicted octanol–water partition coefficient (Wildman–Crippen LogP) is 3.58. The third-order valence-corrected chi connectivity index (χ3v) is 3.65. The molecule has 0 saturated carbocycles. The van der Waals surface area contributed by atoms with Crippen LogP contribution in [0.2, 0.25) is 0 Å². The van der Waals surface area contributed by atoms with E-state index in [1.165, 1.54) is 0 Å². The SMILES string of the molecule is COc1cc(C(=O)Nc2cc(OC)c(OC)cc2C)ccc1C. The van der Waals surface area contributed by atoms with Crippen LogP contribution < -0.4 is 19.5 Å². The van der Waals surface area contributed by atoms with E-state index in [0.29, 0.717) is 28.5 Å². The lowest BCUT2D eigenvalue weighted by molar-refractivity contribution is 0.102. The lowest BCUT2D eigenvalue weighted by atomic mass is 10.1. The van der Waals surface area contributed by atoms with Gasteiger partial charge in [-0.1, -0.05) is 6.07 Å². The molecule has 0 fully saturated rings. The van der Waals surface area contributed by atoms with Crippen LogP contribution in [0, 0.1) is 13.8 Å². The molecule has 0 spiro atoms. The van der Waals surface area contributed by atoms with Crippen molar-refractivity contribution in [3.63, 3.8) is 0 Å². The van der Waals surface area contributed by atoms with Gasteiger partial charge in [-0.3, -0.25) is 4.79 Å². The van der Waals surface area contributed by atoms with E-state index in [0.717, 1.165) is 11.1 Å². The number of anilines is 1. The minimum absolute atomic E-state index is 0.210. The van der Waals surface area contributed by atoms with Crippen molar-refractivity contribution in [1.29, 1.82) is 0 Å². The summed E-state index contributed by atoms with van der Waals surface area (Å²) in [6, 6.07) is 8.92. The molecule has 5 nitrogen and oxygen atoms in total. The molecular weight excluding hydrogens is 294 g/mol. The van der Waals surface area contributed by atoms with Gasteiger partial charge in [-0.05, 0) is 43.2 Å². The van der Waals surface area contributed by atoms with Crippen LogP contribution in [0.5, 0.6) is 17.2 Å². The quantitative estimate of drug-likeness (QED) is 0.916. The van der Waals surface area contributed by atoms with E-state index in [1.54, 1.807) is 39.5 Å². The van der Waals surface area contributed by atoms with Gasteiger partial charge in [0.2, 0.25) is 0 Å². The first-order valence-corrected chi connectivity index (χ1v) is 7.18. The van der Waals surface area contributed by atoms with Gasteiger partial charge >= 0.3 is 0 Å². The van der Waals surface area contributed by atoms with E-state index < -0.39 is 0 Å². The number of benzene rings is 2. The van der Waals surface area contributed by atoms with Crippen LogP contribution in [0.4, 0.5) is 5.69 Å². The molecule has 2 aromatic rings. The highest BCUT2D eigenvalue weighted by Gasteiger charge is 2.13. The summed E-state index contributed by atoms with van der Waals surface area (Å²) in [5.74, 6) is 1.66. The maximum Gasteiger partial charge on any atom is 0.255 e. The summed E-state index contributed by atoms with van der Waals surface area (Å²) >= 11 is 0. The van der Waals surface area contributed by atoms with Crippen LogP contribution >= 0.6 is 0 Å². The molecular formula is C18H21NO4. The van der Waals surface area contributed by atoms with E-state index >= 15 is 0 Å². The smallest absolute Gasteiger partial charge is 0.255 e. The van der Waals surface area contributed by atoms with Gasteiger partial charge in [-0.2, -0.15) is 0 Å². The second-order valence-electron chi connectivity index (χ2n) is 5.16. The molecule has 1 N–H and O–H groups in total. The first-order valence-electron chi connectivity index (χ1n) is 7.18. The van der Waals surface area contributed by atoms with E-state index in [1.807, 2.05) is 26.0 Å². The largest absolute Gasteiger partial charge is 0.496 e. The molecule has 0 aliphatic carbocycles. The molecule has 0 radical (unpaired) electrons. The summed E-state index contributed by atoms with van der Waals surface area (Å²) in [5.41, 5.74) is 3.07. The fourth-order valence-electron chi connectivity index (χ4n) is 2.27. The number of aryl methyl sites for hydroxylation is 2. The number of nitrogens with one attached hydrogen (secondary N) is 1. The number of rotatable bonds is 5. The molecule has 0 aliphatic rings. The van der Waals surface area contributed by atoms with E-state index in [-0.39, 0.29) is 5.91 Å². The summed E-state index contributed by atoms with van der Waals surface area (Å²) in [4.78, 5) is 12.5. The first kappa shape index (κ1) is 16.7. The predicted molar refractivity (Wildman–Crippen MR) is 90.0 cm³/mol. The fraction of sp³-hybridized carbons (Fsp3) is 0.278. The summed E-state index contributed by atoms with van der Waals surface area (Å²) in [5, 5.41) is 2.89. The Kier molecular flexibility index (Phi) is 5.11. The summed E-state index contributed by atoms with van der Waals surface area (Å²) in [6.45, 7) is 3.83. The van der Waals surface area contributed by atoms with Gasteiger partial charge in [0, 0.05) is 17.3 Å². The van der Waals surface area contributed by atoms with Gasteiger partial charge in [0.1, 0.15) is 5.75 Å². The second kappa shape index (κ2) is 7.05. The Morgan fingerprint density at radius 3 is 2.04 bits per heavy atom. The van der Waals surface area contributed by atoms with Crippen molar-refractivity contribution in [2.24, 2.45) is 0 Å². The maximum absolute atomic E-state index is 12.5. The molecule has 0 saturated heterocycles. The Bertz CT molecular complexity index is 725. The van der Waals surface area contributed by atoms with E-state index in [9.17, 15) is 4.79 Å². The molecule has 0 aliphatic heterocycles. The van der Waals surface area contributed by atoms with Gasteiger partial charge in [0.25, 0.3) is 5.91 Å². The molecule has 2 aromatic carbocycles. The topological polar surface area (TPSA) is 56.8 Å². The molecule has 2 rings (SSSR count). The number of hydrogen-bond acceptors (Lipinski definition) is 4. The van der Waals surface area contributed by atoms with Gasteiger partial charge < -0.3 is 19.5 Å². The number of carbonyl (C=O) groups is 1. The number of amides is 1. The lowest BCUT2D eigenvalue weighted by Gasteiger charge is -2.14. The Hall–Kier alpha value is -2.69. The minimum atomic E-state index is -0.210. The molecule has 1 amide bonds. The van der Waals surface area contributed by atoms with Gasteiger partial charge in [0.15, 0.2) is 11.5 Å². The zero-order valence-corrected chi connectivity index (χ0v) is 14.0. The standard InChI is InChI=1S/C18H21NO4/c1-11-6-7-13(9-15(11)21-3)18(20)19-14-10-17(23-5)16(22-4)8-12(14)2/h6-10H,1-5H3,(H,19,20). The van der Waals surface area contributed by atoms with Crippen LogP contribution in [-0.4, -0.2) is 27.2 Å². The van der Waals surface area contributed by atoms with Gasteiger partial charge in [-0.15, -0.1) is 0 Å². The Morgan fingerprint density at radius 2 is 1.43 bits per heavy atom. The zero-order chi connectivity index (χ0) is 17.0. The highest BCUT2D eigenvalue weighted by molar-refractivity contribution is 6.05. The van der Waals surface area contributed by atoms with Crippen molar-refractivity contribution in [1.82, 2.24) is 0 Å². The van der Waals surface area contributed by atoms with Crippen molar-refractivity contribution >= 4 is 11.6 Å².